The zero-order chi connectivity index (χ0) is 14.2. The van der Waals surface area contributed by atoms with E-state index < -0.39 is 0 Å². The lowest BCUT2D eigenvalue weighted by molar-refractivity contribution is 0.354. The van der Waals surface area contributed by atoms with E-state index in [1.54, 1.807) is 11.3 Å². The van der Waals surface area contributed by atoms with E-state index in [1.807, 2.05) is 29.8 Å². The van der Waals surface area contributed by atoms with Crippen molar-refractivity contribution in [2.45, 2.75) is 13.0 Å². The molecule has 3 nitrogen and oxygen atoms in total. The highest BCUT2D eigenvalue weighted by molar-refractivity contribution is 7.16. The first kappa shape index (κ1) is 12.9. The number of anilines is 1. The molecule has 2 heterocycles. The molecule has 0 saturated heterocycles. The molecule has 4 rings (SSSR count). The van der Waals surface area contributed by atoms with Crippen LogP contribution in [0.4, 0.5) is 5.69 Å². The van der Waals surface area contributed by atoms with Crippen LogP contribution in [-0.4, -0.2) is 11.6 Å². The summed E-state index contributed by atoms with van der Waals surface area (Å²) in [6.07, 6.45) is 0.940. The highest BCUT2D eigenvalue weighted by Crippen LogP contribution is 2.33. The third-order valence-corrected chi connectivity index (χ3v) is 4.65. The number of benzene rings is 2. The smallest absolute Gasteiger partial charge is 0.127 e. The van der Waals surface area contributed by atoms with Crippen LogP contribution in [0.5, 0.6) is 5.75 Å². The Bertz CT molecular complexity index is 815. The van der Waals surface area contributed by atoms with Gasteiger partial charge in [-0.1, -0.05) is 11.6 Å². The van der Waals surface area contributed by atoms with Gasteiger partial charge in [0.25, 0.3) is 0 Å². The van der Waals surface area contributed by atoms with Gasteiger partial charge in [-0.2, -0.15) is 0 Å². The summed E-state index contributed by atoms with van der Waals surface area (Å²) >= 11 is 7.83. The van der Waals surface area contributed by atoms with Gasteiger partial charge in [-0.3, -0.25) is 0 Å². The van der Waals surface area contributed by atoms with Crippen LogP contribution in [-0.2, 0) is 13.0 Å². The van der Waals surface area contributed by atoms with E-state index >= 15 is 0 Å². The molecule has 0 fully saturated rings. The molecule has 0 aliphatic carbocycles. The predicted molar refractivity (Wildman–Crippen MR) is 87.6 cm³/mol. The van der Waals surface area contributed by atoms with Crippen LogP contribution in [0.15, 0.2) is 35.8 Å². The third-order valence-electron chi connectivity index (χ3n) is 3.64. The van der Waals surface area contributed by atoms with Crippen LogP contribution in [0.2, 0.25) is 5.02 Å². The zero-order valence-corrected chi connectivity index (χ0v) is 12.8. The fraction of sp³-hybridized carbons (Fsp3) is 0.188. The number of aromatic nitrogens is 1. The van der Waals surface area contributed by atoms with Gasteiger partial charge in [0.15, 0.2) is 0 Å². The Morgan fingerprint density at radius 1 is 1.29 bits per heavy atom. The molecule has 0 spiro atoms. The highest BCUT2D eigenvalue weighted by atomic mass is 35.5. The first-order valence-electron chi connectivity index (χ1n) is 6.81. The Morgan fingerprint density at radius 3 is 3.19 bits per heavy atom. The maximum Gasteiger partial charge on any atom is 0.127 e. The molecule has 1 aliphatic rings. The molecule has 1 N–H and O–H groups in total. The van der Waals surface area contributed by atoms with Crippen LogP contribution in [0.3, 0.4) is 0 Å². The van der Waals surface area contributed by atoms with Gasteiger partial charge < -0.3 is 10.1 Å². The summed E-state index contributed by atoms with van der Waals surface area (Å²) in [4.78, 5) is 4.29. The van der Waals surface area contributed by atoms with Gasteiger partial charge in [0.1, 0.15) is 5.75 Å². The molecule has 5 heteroatoms. The third kappa shape index (κ3) is 2.45. The SMILES string of the molecule is Clc1cc2c(c(CNc3ccc4ncsc4c3)c1)OCC2. The van der Waals surface area contributed by atoms with Crippen molar-refractivity contribution in [1.29, 1.82) is 0 Å². The van der Waals surface area contributed by atoms with E-state index in [-0.39, 0.29) is 0 Å². The fourth-order valence-electron chi connectivity index (χ4n) is 2.64. The quantitative estimate of drug-likeness (QED) is 0.772. The van der Waals surface area contributed by atoms with Crippen molar-refractivity contribution in [2.75, 3.05) is 11.9 Å². The maximum absolute atomic E-state index is 6.18. The molecular weight excluding hydrogens is 304 g/mol. The Labute approximate surface area is 131 Å². The van der Waals surface area contributed by atoms with Gasteiger partial charge >= 0.3 is 0 Å². The van der Waals surface area contributed by atoms with Crippen molar-refractivity contribution in [3.05, 3.63) is 52.0 Å². The molecule has 1 aromatic heterocycles. The monoisotopic (exact) mass is 316 g/mol. The van der Waals surface area contributed by atoms with E-state index in [4.69, 9.17) is 16.3 Å². The largest absolute Gasteiger partial charge is 0.493 e. The number of nitrogens with zero attached hydrogens (tertiary/aromatic N) is 1. The molecule has 0 radical (unpaired) electrons. The number of hydrogen-bond acceptors (Lipinski definition) is 4. The normalized spacial score (nSPS) is 13.2. The summed E-state index contributed by atoms with van der Waals surface area (Å²) in [6.45, 7) is 1.45. The number of ether oxygens (including phenoxy) is 1. The van der Waals surface area contributed by atoms with Crippen LogP contribution in [0.1, 0.15) is 11.1 Å². The molecule has 0 unspecified atom stereocenters. The van der Waals surface area contributed by atoms with Crippen molar-refractivity contribution >= 4 is 38.8 Å². The molecule has 106 valence electrons. The fourth-order valence-corrected chi connectivity index (χ4v) is 3.62. The maximum atomic E-state index is 6.18. The topological polar surface area (TPSA) is 34.2 Å². The number of fused-ring (bicyclic) bond motifs is 2. The predicted octanol–water partition coefficient (Wildman–Crippen LogP) is 4.50. The average Bonchev–Trinajstić information content (AvgIpc) is 3.12. The van der Waals surface area contributed by atoms with Crippen molar-refractivity contribution in [2.24, 2.45) is 0 Å². The molecule has 1 aliphatic heterocycles. The lowest BCUT2D eigenvalue weighted by Gasteiger charge is -2.11. The summed E-state index contributed by atoms with van der Waals surface area (Å²) < 4.78 is 6.91. The van der Waals surface area contributed by atoms with Crippen LogP contribution < -0.4 is 10.1 Å². The minimum atomic E-state index is 0.702. The minimum absolute atomic E-state index is 0.702. The van der Waals surface area contributed by atoms with E-state index in [9.17, 15) is 0 Å². The molecule has 0 amide bonds. The summed E-state index contributed by atoms with van der Waals surface area (Å²) in [5, 5.41) is 4.21. The lowest BCUT2D eigenvalue weighted by Crippen LogP contribution is -2.01. The number of thiazole rings is 1. The standard InChI is InChI=1S/C16H13ClN2OS/c17-12-5-10-3-4-20-16(10)11(6-12)8-18-13-1-2-14-15(7-13)21-9-19-14/h1-2,5-7,9,18H,3-4,8H2. The Hall–Kier alpha value is -1.78. The molecule has 2 aromatic carbocycles. The molecule has 0 bridgehead atoms. The molecule has 3 aromatic rings. The van der Waals surface area contributed by atoms with E-state index in [1.165, 1.54) is 10.3 Å². The van der Waals surface area contributed by atoms with Crippen molar-refractivity contribution < 1.29 is 4.74 Å². The molecule has 0 atom stereocenters. The van der Waals surface area contributed by atoms with Crippen LogP contribution in [0.25, 0.3) is 10.2 Å². The number of hydrogen-bond donors (Lipinski definition) is 1. The van der Waals surface area contributed by atoms with Crippen LogP contribution in [0, 0.1) is 0 Å². The number of rotatable bonds is 3. The second-order valence-electron chi connectivity index (χ2n) is 5.04. The van der Waals surface area contributed by atoms with Crippen molar-refractivity contribution in [3.63, 3.8) is 0 Å². The first-order valence-corrected chi connectivity index (χ1v) is 8.06. The van der Waals surface area contributed by atoms with Gasteiger partial charge in [0, 0.05) is 29.2 Å². The zero-order valence-electron chi connectivity index (χ0n) is 11.2. The van der Waals surface area contributed by atoms with E-state index in [0.29, 0.717) is 6.54 Å². The summed E-state index contributed by atoms with van der Waals surface area (Å²) in [5.41, 5.74) is 6.30. The van der Waals surface area contributed by atoms with E-state index in [2.05, 4.69) is 16.4 Å². The Balaban J connectivity index is 1.59. The summed E-state index contributed by atoms with van der Waals surface area (Å²) in [5.74, 6) is 0.991. The van der Waals surface area contributed by atoms with Crippen molar-refractivity contribution in [1.82, 2.24) is 4.98 Å². The van der Waals surface area contributed by atoms with Gasteiger partial charge in [0.05, 0.1) is 22.3 Å². The van der Waals surface area contributed by atoms with Gasteiger partial charge in [-0.05, 0) is 35.9 Å². The van der Waals surface area contributed by atoms with Crippen LogP contribution >= 0.6 is 22.9 Å². The van der Waals surface area contributed by atoms with Gasteiger partial charge in [0.2, 0.25) is 0 Å². The summed E-state index contributed by atoms with van der Waals surface area (Å²) in [7, 11) is 0. The Kier molecular flexibility index (Phi) is 3.20. The molecular formula is C16H13ClN2OS. The number of halogens is 1. The average molecular weight is 317 g/mol. The molecule has 21 heavy (non-hydrogen) atoms. The van der Waals surface area contributed by atoms with Crippen molar-refractivity contribution in [3.8, 4) is 5.75 Å². The highest BCUT2D eigenvalue weighted by Gasteiger charge is 2.17. The second kappa shape index (κ2) is 5.20. The minimum Gasteiger partial charge on any atom is -0.493 e. The van der Waals surface area contributed by atoms with Gasteiger partial charge in [-0.25, -0.2) is 4.98 Å². The first-order chi connectivity index (χ1) is 10.3. The number of nitrogens with one attached hydrogen (secondary N) is 1. The van der Waals surface area contributed by atoms with E-state index in [0.717, 1.165) is 40.6 Å². The second-order valence-corrected chi connectivity index (χ2v) is 6.36. The van der Waals surface area contributed by atoms with Gasteiger partial charge in [-0.15, -0.1) is 11.3 Å². The molecule has 0 saturated carbocycles. The Morgan fingerprint density at radius 2 is 2.24 bits per heavy atom. The lowest BCUT2D eigenvalue weighted by atomic mass is 10.1. The summed E-state index contributed by atoms with van der Waals surface area (Å²) in [6, 6.07) is 10.2.